The summed E-state index contributed by atoms with van der Waals surface area (Å²) in [5.41, 5.74) is 4.06. The number of carbonyl (C=O) groups excluding carboxylic acids is 1. The van der Waals surface area contributed by atoms with Crippen LogP contribution >= 0.6 is 11.3 Å². The molecule has 4 aromatic rings. The number of rotatable bonds is 6. The van der Waals surface area contributed by atoms with Gasteiger partial charge in [-0.1, -0.05) is 30.3 Å². The molecule has 0 unspecified atom stereocenters. The molecule has 0 aliphatic carbocycles. The van der Waals surface area contributed by atoms with Gasteiger partial charge in [-0.2, -0.15) is 11.3 Å². The van der Waals surface area contributed by atoms with Crippen LogP contribution in [0.2, 0.25) is 0 Å². The van der Waals surface area contributed by atoms with E-state index >= 15 is 0 Å². The summed E-state index contributed by atoms with van der Waals surface area (Å²) in [7, 11) is 0. The summed E-state index contributed by atoms with van der Waals surface area (Å²) in [4.78, 5) is 27.0. The molecule has 6 nitrogen and oxygen atoms in total. The Morgan fingerprint density at radius 2 is 2.06 bits per heavy atom. The van der Waals surface area contributed by atoms with Gasteiger partial charge in [0.05, 0.1) is 6.42 Å². The number of thiophene rings is 1. The molecule has 34 heavy (non-hydrogen) atoms. The highest BCUT2D eigenvalue weighted by molar-refractivity contribution is 7.07. The van der Waals surface area contributed by atoms with Crippen molar-refractivity contribution in [2.45, 2.75) is 26.0 Å². The number of benzene rings is 2. The summed E-state index contributed by atoms with van der Waals surface area (Å²) in [6, 6.07) is 17.3. The zero-order valence-electron chi connectivity index (χ0n) is 19.0. The van der Waals surface area contributed by atoms with Gasteiger partial charge in [0.15, 0.2) is 0 Å². The lowest BCUT2D eigenvalue weighted by Gasteiger charge is -2.23. The molecule has 1 aliphatic heterocycles. The third-order valence-electron chi connectivity index (χ3n) is 6.06. The number of nitrogens with one attached hydrogen (secondary N) is 1. The van der Waals surface area contributed by atoms with Crippen LogP contribution in [0.4, 0.5) is 0 Å². The van der Waals surface area contributed by atoms with E-state index in [0.29, 0.717) is 24.2 Å². The first-order valence-electron chi connectivity index (χ1n) is 11.3. The van der Waals surface area contributed by atoms with E-state index in [2.05, 4.69) is 33.1 Å². The van der Waals surface area contributed by atoms with Crippen molar-refractivity contribution >= 4 is 28.2 Å². The molecule has 1 atom stereocenters. The third kappa shape index (κ3) is 5.05. The highest BCUT2D eigenvalue weighted by Crippen LogP contribution is 2.31. The van der Waals surface area contributed by atoms with Crippen molar-refractivity contribution in [3.63, 3.8) is 0 Å². The summed E-state index contributed by atoms with van der Waals surface area (Å²) >= 11 is 1.66. The summed E-state index contributed by atoms with van der Waals surface area (Å²) in [6.45, 7) is 4.65. The second kappa shape index (κ2) is 9.83. The first-order chi connectivity index (χ1) is 16.5. The number of amides is 1. The molecule has 7 heteroatoms. The van der Waals surface area contributed by atoms with Crippen LogP contribution in [0.5, 0.6) is 5.75 Å². The molecule has 0 saturated carbocycles. The van der Waals surface area contributed by atoms with Gasteiger partial charge in [-0.05, 0) is 47.0 Å². The maximum Gasteiger partial charge on any atom is 0.336 e. The topological polar surface area (TPSA) is 71.8 Å². The van der Waals surface area contributed by atoms with Gasteiger partial charge < -0.3 is 14.5 Å². The van der Waals surface area contributed by atoms with Crippen LogP contribution in [-0.2, 0) is 17.8 Å². The number of aryl methyl sites for hydroxylation is 1. The van der Waals surface area contributed by atoms with E-state index in [1.807, 2.05) is 43.3 Å². The van der Waals surface area contributed by atoms with Gasteiger partial charge in [-0.3, -0.25) is 9.69 Å². The molecule has 0 spiro atoms. The molecular weight excluding hydrogens is 448 g/mol. The molecule has 0 radical (unpaired) electrons. The molecule has 0 bridgehead atoms. The first kappa shape index (κ1) is 22.4. The number of para-hydroxylation sites is 1. The fraction of sp³-hybridized carbons (Fsp3) is 0.259. The highest BCUT2D eigenvalue weighted by Gasteiger charge is 2.24. The van der Waals surface area contributed by atoms with Gasteiger partial charge in [0, 0.05) is 48.8 Å². The Morgan fingerprint density at radius 1 is 1.18 bits per heavy atom. The van der Waals surface area contributed by atoms with Crippen LogP contribution < -0.4 is 15.7 Å². The summed E-state index contributed by atoms with van der Waals surface area (Å²) in [5.74, 6) is 0.795. The standard InChI is InChI=1S/C27H26N2O4S/c1-18-6-7-22-21(14-27(31)33-24(22)12-18)13-26(30)28-9-10-29-15-19-4-2-3-5-23(19)32-25(16-29)20-8-11-34-17-20/h2-8,11-12,14,17,25H,9-10,13,15-16H2,1H3,(H,28,30)/t25-/m1/s1. The second-order valence-electron chi connectivity index (χ2n) is 8.62. The molecule has 2 aromatic heterocycles. The van der Waals surface area contributed by atoms with Crippen molar-refractivity contribution in [3.05, 3.63) is 98.0 Å². The van der Waals surface area contributed by atoms with Gasteiger partial charge in [-0.15, -0.1) is 0 Å². The Bertz CT molecular complexity index is 1360. The maximum atomic E-state index is 12.7. The molecule has 1 aliphatic rings. The Labute approximate surface area is 201 Å². The van der Waals surface area contributed by atoms with Crippen molar-refractivity contribution in [2.75, 3.05) is 19.6 Å². The van der Waals surface area contributed by atoms with Gasteiger partial charge in [0.25, 0.3) is 0 Å². The first-order valence-corrected chi connectivity index (χ1v) is 12.3. The van der Waals surface area contributed by atoms with Crippen molar-refractivity contribution in [1.29, 1.82) is 0 Å². The van der Waals surface area contributed by atoms with Crippen molar-refractivity contribution in [1.82, 2.24) is 10.2 Å². The molecule has 0 fully saturated rings. The number of fused-ring (bicyclic) bond motifs is 2. The molecular formula is C27H26N2O4S. The smallest absolute Gasteiger partial charge is 0.336 e. The van der Waals surface area contributed by atoms with Gasteiger partial charge in [0.2, 0.25) is 5.91 Å². The fourth-order valence-corrected chi connectivity index (χ4v) is 5.06. The van der Waals surface area contributed by atoms with E-state index < -0.39 is 5.63 Å². The van der Waals surface area contributed by atoms with Crippen LogP contribution in [-0.4, -0.2) is 30.4 Å². The SMILES string of the molecule is Cc1ccc2c(CC(=O)NCCN3Cc4ccccc4O[C@@H](c4ccsc4)C3)cc(=O)oc2c1. The van der Waals surface area contributed by atoms with E-state index in [4.69, 9.17) is 9.15 Å². The van der Waals surface area contributed by atoms with Crippen LogP contribution in [0.3, 0.4) is 0 Å². The van der Waals surface area contributed by atoms with Crippen LogP contribution in [0.1, 0.15) is 28.4 Å². The van der Waals surface area contributed by atoms with E-state index in [-0.39, 0.29) is 18.4 Å². The zero-order valence-corrected chi connectivity index (χ0v) is 19.8. The number of hydrogen-bond acceptors (Lipinski definition) is 6. The van der Waals surface area contributed by atoms with Crippen molar-refractivity contribution < 1.29 is 13.9 Å². The average molecular weight is 475 g/mol. The van der Waals surface area contributed by atoms with E-state index in [1.54, 1.807) is 11.3 Å². The van der Waals surface area contributed by atoms with E-state index in [0.717, 1.165) is 35.4 Å². The van der Waals surface area contributed by atoms with Crippen LogP contribution in [0, 0.1) is 6.92 Å². The average Bonchev–Trinajstić information content (AvgIpc) is 3.27. The van der Waals surface area contributed by atoms with Gasteiger partial charge in [0.1, 0.15) is 17.4 Å². The second-order valence-corrected chi connectivity index (χ2v) is 9.40. The number of nitrogens with zero attached hydrogens (tertiary/aromatic N) is 1. The quantitative estimate of drug-likeness (QED) is 0.418. The Balaban J connectivity index is 1.24. The van der Waals surface area contributed by atoms with Crippen molar-refractivity contribution in [3.8, 4) is 5.75 Å². The molecule has 2 aromatic carbocycles. The lowest BCUT2D eigenvalue weighted by Crippen LogP contribution is -2.37. The van der Waals surface area contributed by atoms with Crippen molar-refractivity contribution in [2.24, 2.45) is 0 Å². The summed E-state index contributed by atoms with van der Waals surface area (Å²) in [5, 5.41) is 8.00. The molecule has 1 N–H and O–H groups in total. The maximum absolute atomic E-state index is 12.7. The largest absolute Gasteiger partial charge is 0.484 e. The zero-order chi connectivity index (χ0) is 23.5. The lowest BCUT2D eigenvalue weighted by atomic mass is 10.1. The van der Waals surface area contributed by atoms with Gasteiger partial charge >= 0.3 is 5.63 Å². The normalized spacial score (nSPS) is 16.0. The summed E-state index contributed by atoms with van der Waals surface area (Å²) < 4.78 is 11.6. The minimum Gasteiger partial charge on any atom is -0.484 e. The predicted octanol–water partition coefficient (Wildman–Crippen LogP) is 4.46. The van der Waals surface area contributed by atoms with Gasteiger partial charge in [-0.25, -0.2) is 4.79 Å². The van der Waals surface area contributed by atoms with E-state index in [1.165, 1.54) is 11.6 Å². The van der Waals surface area contributed by atoms with Crippen LogP contribution in [0.15, 0.2) is 74.6 Å². The Hall–Kier alpha value is -3.42. The summed E-state index contributed by atoms with van der Waals surface area (Å²) in [6.07, 6.45) is 0.0817. The highest BCUT2D eigenvalue weighted by atomic mass is 32.1. The molecule has 1 amide bonds. The number of ether oxygens (including phenoxy) is 1. The predicted molar refractivity (Wildman–Crippen MR) is 133 cm³/mol. The number of hydrogen-bond donors (Lipinski definition) is 1. The minimum absolute atomic E-state index is 0.0519. The minimum atomic E-state index is -0.441. The number of carbonyl (C=O) groups is 1. The molecule has 174 valence electrons. The Morgan fingerprint density at radius 3 is 2.91 bits per heavy atom. The molecule has 3 heterocycles. The van der Waals surface area contributed by atoms with E-state index in [9.17, 15) is 9.59 Å². The third-order valence-corrected chi connectivity index (χ3v) is 6.76. The molecule has 5 rings (SSSR count). The lowest BCUT2D eigenvalue weighted by molar-refractivity contribution is -0.120. The molecule has 0 saturated heterocycles. The Kier molecular flexibility index (Phi) is 6.47. The monoisotopic (exact) mass is 474 g/mol. The fourth-order valence-electron chi connectivity index (χ4n) is 4.35. The van der Waals surface area contributed by atoms with Crippen LogP contribution in [0.25, 0.3) is 11.0 Å².